The van der Waals surface area contributed by atoms with Gasteiger partial charge in [0.1, 0.15) is 0 Å². The molecule has 0 unspecified atom stereocenters. The molecule has 0 amide bonds. The summed E-state index contributed by atoms with van der Waals surface area (Å²) in [5.41, 5.74) is -0.889. The van der Waals surface area contributed by atoms with Crippen molar-refractivity contribution in [2.75, 3.05) is 18.0 Å². The molecule has 1 aromatic rings. The maximum absolute atomic E-state index is 12.9. The Kier molecular flexibility index (Phi) is 3.93. The first-order chi connectivity index (χ1) is 9.45. The predicted octanol–water partition coefficient (Wildman–Crippen LogP) is 3.31. The van der Waals surface area contributed by atoms with Crippen molar-refractivity contribution in [1.29, 1.82) is 5.26 Å². The molecule has 1 saturated heterocycles. The van der Waals surface area contributed by atoms with Crippen molar-refractivity contribution in [3.05, 3.63) is 34.2 Å². The Bertz CT molecular complexity index is 543. The highest BCUT2D eigenvalue weighted by Gasteiger charge is 2.34. The largest absolute Gasteiger partial charge is 0.417 e. The lowest BCUT2D eigenvalue weighted by Crippen LogP contribution is -2.35. The molecule has 4 nitrogen and oxygen atoms in total. The summed E-state index contributed by atoms with van der Waals surface area (Å²) in [5.74, 6) is 0. The minimum Gasteiger partial charge on any atom is -0.371 e. The molecule has 1 aliphatic rings. The Hall–Kier alpha value is -2.10. The molecule has 1 aromatic carbocycles. The van der Waals surface area contributed by atoms with Gasteiger partial charge in [0.25, 0.3) is 0 Å². The fourth-order valence-electron chi connectivity index (χ4n) is 2.29. The van der Waals surface area contributed by atoms with Crippen molar-refractivity contribution < 1.29 is 13.2 Å². The van der Waals surface area contributed by atoms with Crippen LogP contribution >= 0.6 is 0 Å². The second-order valence-electron chi connectivity index (χ2n) is 4.66. The van der Waals surface area contributed by atoms with Crippen LogP contribution in [0.1, 0.15) is 24.0 Å². The third-order valence-corrected chi connectivity index (χ3v) is 3.41. The van der Waals surface area contributed by atoms with Gasteiger partial charge in [-0.2, -0.15) is 23.3 Å². The van der Waals surface area contributed by atoms with Gasteiger partial charge in [-0.3, -0.25) is 0 Å². The standard InChI is InChI=1S/C13H12F3N3O/c14-13(15,16)12-7-11(2-1-9(12)8-17)19-5-3-10(18-20)4-6-19/h1-2,7,10H,3-6H2. The van der Waals surface area contributed by atoms with Gasteiger partial charge in [-0.1, -0.05) is 5.18 Å². The monoisotopic (exact) mass is 283 g/mol. The summed E-state index contributed by atoms with van der Waals surface area (Å²) in [7, 11) is 0. The summed E-state index contributed by atoms with van der Waals surface area (Å²) in [6.07, 6.45) is -3.49. The van der Waals surface area contributed by atoms with E-state index in [1.165, 1.54) is 12.1 Å². The molecule has 0 aliphatic carbocycles. The van der Waals surface area contributed by atoms with E-state index in [1.807, 2.05) is 0 Å². The van der Waals surface area contributed by atoms with E-state index in [0.717, 1.165) is 6.07 Å². The Labute approximate surface area is 113 Å². The van der Waals surface area contributed by atoms with E-state index in [4.69, 9.17) is 5.26 Å². The highest BCUT2D eigenvalue weighted by Crippen LogP contribution is 2.35. The molecule has 7 heteroatoms. The predicted molar refractivity (Wildman–Crippen MR) is 67.2 cm³/mol. The van der Waals surface area contributed by atoms with Crippen LogP contribution in [0.5, 0.6) is 0 Å². The number of rotatable bonds is 2. The molecule has 1 fully saturated rings. The zero-order valence-electron chi connectivity index (χ0n) is 10.5. The van der Waals surface area contributed by atoms with Crippen LogP contribution in [0.2, 0.25) is 0 Å². The van der Waals surface area contributed by atoms with E-state index in [9.17, 15) is 18.1 Å². The van der Waals surface area contributed by atoms with Gasteiger partial charge in [0.05, 0.1) is 23.2 Å². The molecule has 1 heterocycles. The van der Waals surface area contributed by atoms with Crippen LogP contribution in [0.25, 0.3) is 0 Å². The highest BCUT2D eigenvalue weighted by atomic mass is 19.4. The fraction of sp³-hybridized carbons (Fsp3) is 0.462. The van der Waals surface area contributed by atoms with Crippen LogP contribution in [0.4, 0.5) is 18.9 Å². The first-order valence-electron chi connectivity index (χ1n) is 6.14. The molecule has 0 N–H and O–H groups in total. The van der Waals surface area contributed by atoms with Crippen LogP contribution in [0, 0.1) is 16.2 Å². The minimum atomic E-state index is -4.55. The molecule has 20 heavy (non-hydrogen) atoms. The van der Waals surface area contributed by atoms with E-state index in [0.29, 0.717) is 31.6 Å². The number of halogens is 3. The van der Waals surface area contributed by atoms with E-state index < -0.39 is 11.7 Å². The lowest BCUT2D eigenvalue weighted by molar-refractivity contribution is -0.137. The van der Waals surface area contributed by atoms with Crippen LogP contribution in [-0.4, -0.2) is 19.1 Å². The van der Waals surface area contributed by atoms with Crippen molar-refractivity contribution in [3.63, 3.8) is 0 Å². The number of nitroso groups, excluding NO2 is 1. The molecule has 0 bridgehead atoms. The lowest BCUT2D eigenvalue weighted by Gasteiger charge is -2.31. The maximum Gasteiger partial charge on any atom is 0.417 e. The first kappa shape index (κ1) is 14.3. The molecule has 0 radical (unpaired) electrons. The molecule has 106 valence electrons. The van der Waals surface area contributed by atoms with Crippen LogP contribution < -0.4 is 4.90 Å². The lowest BCUT2D eigenvalue weighted by atomic mass is 10.0. The van der Waals surface area contributed by atoms with Gasteiger partial charge in [0, 0.05) is 18.8 Å². The molecule has 1 aliphatic heterocycles. The second kappa shape index (κ2) is 5.49. The van der Waals surface area contributed by atoms with Crippen LogP contribution in [0.15, 0.2) is 23.4 Å². The smallest absolute Gasteiger partial charge is 0.371 e. The quantitative estimate of drug-likeness (QED) is 0.782. The van der Waals surface area contributed by atoms with Crippen molar-refractivity contribution in [3.8, 4) is 6.07 Å². The van der Waals surface area contributed by atoms with Gasteiger partial charge in [-0.05, 0) is 31.0 Å². The average Bonchev–Trinajstić information content (AvgIpc) is 2.46. The molecule has 0 atom stereocenters. The number of piperidine rings is 1. The van der Waals surface area contributed by atoms with Gasteiger partial charge in [0.15, 0.2) is 0 Å². The number of nitrogens with zero attached hydrogens (tertiary/aromatic N) is 3. The molecule has 2 rings (SSSR count). The number of nitriles is 1. The second-order valence-corrected chi connectivity index (χ2v) is 4.66. The Morgan fingerprint density at radius 1 is 1.30 bits per heavy atom. The zero-order chi connectivity index (χ0) is 14.8. The van der Waals surface area contributed by atoms with Gasteiger partial charge < -0.3 is 4.90 Å². The minimum absolute atomic E-state index is 0.258. The van der Waals surface area contributed by atoms with Gasteiger partial charge in [-0.25, -0.2) is 0 Å². The van der Waals surface area contributed by atoms with Gasteiger partial charge >= 0.3 is 6.18 Å². The summed E-state index contributed by atoms with van der Waals surface area (Å²) in [6.45, 7) is 0.971. The Morgan fingerprint density at radius 2 is 1.95 bits per heavy atom. The first-order valence-corrected chi connectivity index (χ1v) is 6.14. The normalized spacial score (nSPS) is 16.8. The van der Waals surface area contributed by atoms with Crippen LogP contribution in [-0.2, 0) is 6.18 Å². The van der Waals surface area contributed by atoms with Crippen molar-refractivity contribution in [1.82, 2.24) is 0 Å². The Balaban J connectivity index is 2.26. The number of hydrogen-bond acceptors (Lipinski definition) is 4. The van der Waals surface area contributed by atoms with E-state index >= 15 is 0 Å². The third kappa shape index (κ3) is 2.90. The molecule has 0 spiro atoms. The van der Waals surface area contributed by atoms with Crippen molar-refractivity contribution in [2.45, 2.75) is 25.1 Å². The van der Waals surface area contributed by atoms with E-state index in [2.05, 4.69) is 5.18 Å². The summed E-state index contributed by atoms with van der Waals surface area (Å²) in [5, 5.41) is 11.7. The summed E-state index contributed by atoms with van der Waals surface area (Å²) in [6, 6.07) is 4.97. The van der Waals surface area contributed by atoms with Crippen molar-refractivity contribution >= 4 is 5.69 Å². The summed E-state index contributed by atoms with van der Waals surface area (Å²) >= 11 is 0. The Morgan fingerprint density at radius 3 is 2.45 bits per heavy atom. The molecular formula is C13H12F3N3O. The fourth-order valence-corrected chi connectivity index (χ4v) is 2.29. The summed E-state index contributed by atoms with van der Waals surface area (Å²) in [4.78, 5) is 12.2. The van der Waals surface area contributed by atoms with E-state index in [-0.39, 0.29) is 11.6 Å². The molecule has 0 saturated carbocycles. The number of hydrogen-bond donors (Lipinski definition) is 0. The number of alkyl halides is 3. The average molecular weight is 283 g/mol. The van der Waals surface area contributed by atoms with Gasteiger partial charge in [-0.15, -0.1) is 0 Å². The van der Waals surface area contributed by atoms with E-state index in [1.54, 1.807) is 11.0 Å². The molecule has 0 aromatic heterocycles. The third-order valence-electron chi connectivity index (χ3n) is 3.41. The van der Waals surface area contributed by atoms with Crippen LogP contribution in [0.3, 0.4) is 0 Å². The summed E-state index contributed by atoms with van der Waals surface area (Å²) < 4.78 is 38.6. The number of anilines is 1. The molecular weight excluding hydrogens is 271 g/mol. The van der Waals surface area contributed by atoms with Crippen molar-refractivity contribution in [2.24, 2.45) is 5.18 Å². The zero-order valence-corrected chi connectivity index (χ0v) is 10.5. The number of benzene rings is 1. The maximum atomic E-state index is 12.9. The van der Waals surface area contributed by atoms with Gasteiger partial charge in [0.2, 0.25) is 0 Å². The highest BCUT2D eigenvalue weighted by molar-refractivity contribution is 5.55. The SMILES string of the molecule is N#Cc1ccc(N2CCC(N=O)CC2)cc1C(F)(F)F. The topological polar surface area (TPSA) is 56.5 Å².